The van der Waals surface area contributed by atoms with Crippen LogP contribution in [-0.4, -0.2) is 30.5 Å². The highest BCUT2D eigenvalue weighted by Crippen LogP contribution is 2.14. The zero-order valence-corrected chi connectivity index (χ0v) is 7.71. The molecule has 1 heterocycles. The average molecular weight is 188 g/mol. The third kappa shape index (κ3) is 3.25. The predicted molar refractivity (Wildman–Crippen MR) is 47.1 cm³/mol. The van der Waals surface area contributed by atoms with Crippen LogP contribution in [0, 0.1) is 0 Å². The summed E-state index contributed by atoms with van der Waals surface area (Å²) in [6.07, 6.45) is 3.16. The van der Waals surface area contributed by atoms with E-state index in [1.165, 1.54) is 11.8 Å². The number of aromatic nitrogens is 1. The zero-order chi connectivity index (χ0) is 8.81. The summed E-state index contributed by atoms with van der Waals surface area (Å²) in [6, 6.07) is 0.0342. The van der Waals surface area contributed by atoms with Gasteiger partial charge in [0.25, 0.3) is 5.22 Å². The maximum absolute atomic E-state index is 5.69. The summed E-state index contributed by atoms with van der Waals surface area (Å²) in [5.41, 5.74) is 5.69. The van der Waals surface area contributed by atoms with Gasteiger partial charge < -0.3 is 14.9 Å². The van der Waals surface area contributed by atoms with Crippen LogP contribution in [0.4, 0.5) is 0 Å². The minimum absolute atomic E-state index is 0.0342. The molecule has 68 valence electrons. The first kappa shape index (κ1) is 9.57. The highest BCUT2D eigenvalue weighted by molar-refractivity contribution is 7.99. The first-order chi connectivity index (χ1) is 5.83. The normalized spacial score (nSPS) is 13.2. The lowest BCUT2D eigenvalue weighted by Gasteiger charge is -2.06. The van der Waals surface area contributed by atoms with Crippen molar-refractivity contribution in [2.75, 3.05) is 19.5 Å². The van der Waals surface area contributed by atoms with Crippen molar-refractivity contribution in [1.82, 2.24) is 4.98 Å². The quantitative estimate of drug-likeness (QED) is 0.690. The topological polar surface area (TPSA) is 61.3 Å². The predicted octanol–water partition coefficient (Wildman–Crippen LogP) is 0.740. The summed E-state index contributed by atoms with van der Waals surface area (Å²) in [4.78, 5) is 3.95. The Hall–Kier alpha value is -0.520. The highest BCUT2D eigenvalue weighted by atomic mass is 32.2. The molecular formula is C7H12N2O2S. The van der Waals surface area contributed by atoms with Crippen LogP contribution in [0.1, 0.15) is 0 Å². The summed E-state index contributed by atoms with van der Waals surface area (Å²) in [7, 11) is 1.63. The van der Waals surface area contributed by atoms with Gasteiger partial charge in [0.2, 0.25) is 0 Å². The summed E-state index contributed by atoms with van der Waals surface area (Å²) >= 11 is 1.49. The van der Waals surface area contributed by atoms with Crippen molar-refractivity contribution in [3.05, 3.63) is 12.5 Å². The molecule has 12 heavy (non-hydrogen) atoms. The molecule has 0 aliphatic carbocycles. The molecule has 0 fully saturated rings. The van der Waals surface area contributed by atoms with Crippen LogP contribution in [0.3, 0.4) is 0 Å². The molecule has 0 bridgehead atoms. The number of nitrogens with zero attached hydrogens (tertiary/aromatic N) is 1. The van der Waals surface area contributed by atoms with E-state index < -0.39 is 0 Å². The molecular weight excluding hydrogens is 176 g/mol. The van der Waals surface area contributed by atoms with Crippen LogP contribution in [0.25, 0.3) is 0 Å². The molecule has 0 spiro atoms. The largest absolute Gasteiger partial charge is 0.440 e. The fourth-order valence-electron chi connectivity index (χ4n) is 0.722. The third-order valence-electron chi connectivity index (χ3n) is 1.21. The molecule has 5 heteroatoms. The van der Waals surface area contributed by atoms with E-state index in [4.69, 9.17) is 14.9 Å². The van der Waals surface area contributed by atoms with Gasteiger partial charge in [-0.25, -0.2) is 4.98 Å². The van der Waals surface area contributed by atoms with Crippen LogP contribution >= 0.6 is 11.8 Å². The average Bonchev–Trinajstić information content (AvgIpc) is 2.53. The van der Waals surface area contributed by atoms with E-state index >= 15 is 0 Å². The number of rotatable bonds is 5. The molecule has 0 amide bonds. The van der Waals surface area contributed by atoms with Crippen molar-refractivity contribution in [2.45, 2.75) is 11.3 Å². The second kappa shape index (κ2) is 5.18. The Kier molecular flexibility index (Phi) is 4.13. The van der Waals surface area contributed by atoms with Gasteiger partial charge >= 0.3 is 0 Å². The lowest BCUT2D eigenvalue weighted by atomic mass is 10.4. The van der Waals surface area contributed by atoms with E-state index in [-0.39, 0.29) is 6.04 Å². The van der Waals surface area contributed by atoms with Gasteiger partial charge in [-0.2, -0.15) is 0 Å². The Morgan fingerprint density at radius 2 is 2.67 bits per heavy atom. The fraction of sp³-hybridized carbons (Fsp3) is 0.571. The third-order valence-corrected chi connectivity index (χ3v) is 2.25. The summed E-state index contributed by atoms with van der Waals surface area (Å²) in [6.45, 7) is 0.563. The van der Waals surface area contributed by atoms with Crippen LogP contribution in [0.15, 0.2) is 22.1 Å². The summed E-state index contributed by atoms with van der Waals surface area (Å²) in [5, 5.41) is 0.654. The van der Waals surface area contributed by atoms with E-state index in [0.717, 1.165) is 5.75 Å². The van der Waals surface area contributed by atoms with Gasteiger partial charge in [-0.15, -0.1) is 0 Å². The van der Waals surface area contributed by atoms with Crippen molar-refractivity contribution >= 4 is 11.8 Å². The van der Waals surface area contributed by atoms with Gasteiger partial charge in [0.15, 0.2) is 0 Å². The summed E-state index contributed by atoms with van der Waals surface area (Å²) in [5.74, 6) is 0.758. The highest BCUT2D eigenvalue weighted by Gasteiger charge is 2.04. The Balaban J connectivity index is 2.17. The molecule has 2 N–H and O–H groups in total. The standard InChI is InChI=1S/C7H12N2O2S/c1-10-4-6(8)5-12-7-9-2-3-11-7/h2-3,6H,4-5,8H2,1H3. The van der Waals surface area contributed by atoms with Crippen molar-refractivity contribution in [1.29, 1.82) is 0 Å². The number of ether oxygens (including phenoxy) is 1. The van der Waals surface area contributed by atoms with E-state index in [0.29, 0.717) is 11.8 Å². The number of hydrogen-bond donors (Lipinski definition) is 1. The molecule has 0 aromatic carbocycles. The van der Waals surface area contributed by atoms with Gasteiger partial charge in [0, 0.05) is 18.9 Å². The lowest BCUT2D eigenvalue weighted by molar-refractivity contribution is 0.186. The van der Waals surface area contributed by atoms with Crippen LogP contribution in [-0.2, 0) is 4.74 Å². The van der Waals surface area contributed by atoms with Gasteiger partial charge in [-0.05, 0) is 0 Å². The van der Waals surface area contributed by atoms with Gasteiger partial charge in [0.1, 0.15) is 6.26 Å². The molecule has 1 aromatic heterocycles. The Bertz CT molecular complexity index is 203. The van der Waals surface area contributed by atoms with Gasteiger partial charge in [-0.1, -0.05) is 11.8 Å². The van der Waals surface area contributed by atoms with Crippen molar-refractivity contribution in [2.24, 2.45) is 5.73 Å². The maximum atomic E-state index is 5.69. The minimum Gasteiger partial charge on any atom is -0.440 e. The van der Waals surface area contributed by atoms with E-state index in [9.17, 15) is 0 Å². The first-order valence-corrected chi connectivity index (χ1v) is 4.58. The molecule has 0 saturated carbocycles. The van der Waals surface area contributed by atoms with Gasteiger partial charge in [0.05, 0.1) is 12.8 Å². The maximum Gasteiger partial charge on any atom is 0.255 e. The molecule has 0 aliphatic heterocycles. The monoisotopic (exact) mass is 188 g/mol. The number of thioether (sulfide) groups is 1. The van der Waals surface area contributed by atoms with Crippen LogP contribution in [0.5, 0.6) is 0 Å². The first-order valence-electron chi connectivity index (χ1n) is 3.59. The Morgan fingerprint density at radius 1 is 1.83 bits per heavy atom. The minimum atomic E-state index is 0.0342. The molecule has 1 unspecified atom stereocenters. The number of oxazole rings is 1. The molecule has 0 saturated heterocycles. The van der Waals surface area contributed by atoms with Crippen LogP contribution < -0.4 is 5.73 Å². The van der Waals surface area contributed by atoms with Crippen molar-refractivity contribution < 1.29 is 9.15 Å². The molecule has 0 radical (unpaired) electrons. The SMILES string of the molecule is COCC(N)CSc1ncco1. The van der Waals surface area contributed by atoms with Crippen molar-refractivity contribution in [3.63, 3.8) is 0 Å². The van der Waals surface area contributed by atoms with Crippen molar-refractivity contribution in [3.8, 4) is 0 Å². The molecule has 4 nitrogen and oxygen atoms in total. The van der Waals surface area contributed by atoms with E-state index in [2.05, 4.69) is 4.98 Å². The Morgan fingerprint density at radius 3 is 3.25 bits per heavy atom. The molecule has 1 rings (SSSR count). The molecule has 1 aromatic rings. The smallest absolute Gasteiger partial charge is 0.255 e. The molecule has 0 aliphatic rings. The fourth-order valence-corrected chi connectivity index (χ4v) is 1.43. The second-order valence-corrected chi connectivity index (χ2v) is 3.30. The zero-order valence-electron chi connectivity index (χ0n) is 6.90. The van der Waals surface area contributed by atoms with Crippen LogP contribution in [0.2, 0.25) is 0 Å². The number of methoxy groups -OCH3 is 1. The van der Waals surface area contributed by atoms with E-state index in [1.807, 2.05) is 0 Å². The second-order valence-electron chi connectivity index (χ2n) is 2.32. The number of nitrogens with two attached hydrogens (primary N) is 1. The molecule has 1 atom stereocenters. The lowest BCUT2D eigenvalue weighted by Crippen LogP contribution is -2.28. The van der Waals surface area contributed by atoms with E-state index in [1.54, 1.807) is 19.6 Å². The summed E-state index contributed by atoms with van der Waals surface area (Å²) < 4.78 is 9.90. The van der Waals surface area contributed by atoms with Gasteiger partial charge in [-0.3, -0.25) is 0 Å². The Labute approximate surface area is 75.5 Å². The number of hydrogen-bond acceptors (Lipinski definition) is 5.